The van der Waals surface area contributed by atoms with E-state index in [4.69, 9.17) is 10.5 Å². The summed E-state index contributed by atoms with van der Waals surface area (Å²) in [4.78, 5) is 2.40. The Kier molecular flexibility index (Phi) is 5.59. The van der Waals surface area contributed by atoms with E-state index in [1.54, 1.807) is 0 Å². The number of morpholine rings is 1. The number of hydrogen-bond acceptors (Lipinski definition) is 4. The quantitative estimate of drug-likeness (QED) is 0.752. The summed E-state index contributed by atoms with van der Waals surface area (Å²) in [7, 11) is 0. The second-order valence-corrected chi connectivity index (χ2v) is 6.62. The zero-order valence-electron chi connectivity index (χ0n) is 12.4. The summed E-state index contributed by atoms with van der Waals surface area (Å²) in [5.74, 6) is 0. The van der Waals surface area contributed by atoms with Crippen molar-refractivity contribution in [2.75, 3.05) is 32.8 Å². The van der Waals surface area contributed by atoms with Gasteiger partial charge in [-0.3, -0.25) is 4.90 Å². The number of nitrogens with zero attached hydrogens (tertiary/aromatic N) is 1. The lowest BCUT2D eigenvalue weighted by Gasteiger charge is -2.45. The summed E-state index contributed by atoms with van der Waals surface area (Å²) >= 11 is 0. The van der Waals surface area contributed by atoms with Gasteiger partial charge in [0.05, 0.1) is 18.3 Å². The summed E-state index contributed by atoms with van der Waals surface area (Å²) in [6.45, 7) is 12.1. The monoisotopic (exact) mass is 258 g/mol. The number of rotatable bonds is 6. The highest BCUT2D eigenvalue weighted by atomic mass is 16.5. The minimum Gasteiger partial charge on any atom is -0.394 e. The Hall–Kier alpha value is -0.160. The second-order valence-electron chi connectivity index (χ2n) is 6.62. The Morgan fingerprint density at radius 2 is 2.17 bits per heavy atom. The Morgan fingerprint density at radius 1 is 1.50 bits per heavy atom. The van der Waals surface area contributed by atoms with E-state index in [0.717, 1.165) is 32.5 Å². The number of nitrogens with two attached hydrogens (primary N) is 1. The van der Waals surface area contributed by atoms with Gasteiger partial charge in [-0.05, 0) is 32.2 Å². The Bertz CT molecular complexity index is 258. The smallest absolute Gasteiger partial charge is 0.0940 e. The van der Waals surface area contributed by atoms with E-state index in [1.807, 2.05) is 0 Å². The van der Waals surface area contributed by atoms with Crippen molar-refractivity contribution in [2.45, 2.75) is 52.2 Å². The third kappa shape index (κ3) is 4.50. The van der Waals surface area contributed by atoms with Crippen LogP contribution in [0.4, 0.5) is 0 Å². The molecule has 2 atom stereocenters. The molecule has 2 unspecified atom stereocenters. The molecule has 0 aromatic carbocycles. The van der Waals surface area contributed by atoms with Gasteiger partial charge in [0, 0.05) is 19.6 Å². The molecule has 18 heavy (non-hydrogen) atoms. The molecule has 0 spiro atoms. The van der Waals surface area contributed by atoms with Gasteiger partial charge in [0.15, 0.2) is 0 Å². The summed E-state index contributed by atoms with van der Waals surface area (Å²) in [6, 6.07) is 0. The van der Waals surface area contributed by atoms with E-state index in [0.29, 0.717) is 6.54 Å². The van der Waals surface area contributed by atoms with Gasteiger partial charge in [0.25, 0.3) is 0 Å². The van der Waals surface area contributed by atoms with Gasteiger partial charge in [-0.1, -0.05) is 20.3 Å². The van der Waals surface area contributed by atoms with E-state index in [9.17, 15) is 5.11 Å². The predicted molar refractivity (Wildman–Crippen MR) is 74.5 cm³/mol. The molecule has 0 radical (unpaired) electrons. The van der Waals surface area contributed by atoms with E-state index < -0.39 is 0 Å². The molecule has 0 amide bonds. The standard InChI is InChI=1S/C14H30N2O2/c1-5-6-14(4,9-15)11-16-7-12(8-17)18-13(2,3)10-16/h12,17H,5-11,15H2,1-4H3. The summed E-state index contributed by atoms with van der Waals surface area (Å²) in [5, 5.41) is 9.32. The number of aliphatic hydroxyl groups excluding tert-OH is 1. The van der Waals surface area contributed by atoms with Crippen LogP contribution in [0.2, 0.25) is 0 Å². The molecule has 1 aliphatic rings. The molecule has 1 aliphatic heterocycles. The van der Waals surface area contributed by atoms with Crippen molar-refractivity contribution in [3.05, 3.63) is 0 Å². The van der Waals surface area contributed by atoms with Crippen molar-refractivity contribution in [3.8, 4) is 0 Å². The van der Waals surface area contributed by atoms with E-state index in [2.05, 4.69) is 32.6 Å². The van der Waals surface area contributed by atoms with Crippen molar-refractivity contribution >= 4 is 0 Å². The first-order valence-electron chi connectivity index (χ1n) is 7.05. The lowest BCUT2D eigenvalue weighted by Crippen LogP contribution is -2.56. The van der Waals surface area contributed by atoms with Gasteiger partial charge in [0.2, 0.25) is 0 Å². The van der Waals surface area contributed by atoms with Crippen molar-refractivity contribution in [3.63, 3.8) is 0 Å². The minimum absolute atomic E-state index is 0.0719. The van der Waals surface area contributed by atoms with Crippen LogP contribution in [0, 0.1) is 5.41 Å². The minimum atomic E-state index is -0.187. The molecule has 1 rings (SSSR count). The molecular weight excluding hydrogens is 228 g/mol. The van der Waals surface area contributed by atoms with Crippen molar-refractivity contribution in [1.82, 2.24) is 4.90 Å². The van der Waals surface area contributed by atoms with Crippen LogP contribution in [0.15, 0.2) is 0 Å². The first-order valence-corrected chi connectivity index (χ1v) is 7.05. The Morgan fingerprint density at radius 3 is 2.67 bits per heavy atom. The van der Waals surface area contributed by atoms with E-state index in [-0.39, 0.29) is 23.7 Å². The van der Waals surface area contributed by atoms with Crippen LogP contribution < -0.4 is 5.73 Å². The highest BCUT2D eigenvalue weighted by Gasteiger charge is 2.35. The highest BCUT2D eigenvalue weighted by Crippen LogP contribution is 2.27. The van der Waals surface area contributed by atoms with Crippen LogP contribution in [-0.4, -0.2) is 54.5 Å². The molecule has 1 heterocycles. The third-order valence-electron chi connectivity index (χ3n) is 3.71. The maximum absolute atomic E-state index is 9.32. The Labute approximate surface area is 111 Å². The van der Waals surface area contributed by atoms with Crippen LogP contribution in [0.5, 0.6) is 0 Å². The number of hydrogen-bond donors (Lipinski definition) is 2. The topological polar surface area (TPSA) is 58.7 Å². The fraction of sp³-hybridized carbons (Fsp3) is 1.00. The summed E-state index contributed by atoms with van der Waals surface area (Å²) in [5.41, 5.74) is 5.92. The largest absolute Gasteiger partial charge is 0.394 e. The predicted octanol–water partition coefficient (Wildman–Crippen LogP) is 1.22. The van der Waals surface area contributed by atoms with Gasteiger partial charge in [-0.15, -0.1) is 0 Å². The zero-order valence-corrected chi connectivity index (χ0v) is 12.4. The van der Waals surface area contributed by atoms with Gasteiger partial charge < -0.3 is 15.6 Å². The van der Waals surface area contributed by atoms with E-state index >= 15 is 0 Å². The van der Waals surface area contributed by atoms with Gasteiger partial charge in [-0.25, -0.2) is 0 Å². The fourth-order valence-corrected chi connectivity index (χ4v) is 3.02. The average molecular weight is 258 g/mol. The molecule has 1 saturated heterocycles. The lowest BCUT2D eigenvalue weighted by atomic mass is 9.84. The fourth-order valence-electron chi connectivity index (χ4n) is 3.02. The normalized spacial score (nSPS) is 28.0. The molecule has 0 aliphatic carbocycles. The van der Waals surface area contributed by atoms with Crippen LogP contribution in [0.1, 0.15) is 40.5 Å². The van der Waals surface area contributed by atoms with Crippen LogP contribution in [-0.2, 0) is 4.74 Å². The SMILES string of the molecule is CCCC(C)(CN)CN1CC(CO)OC(C)(C)C1. The third-order valence-corrected chi connectivity index (χ3v) is 3.71. The lowest BCUT2D eigenvalue weighted by molar-refractivity contribution is -0.153. The molecule has 0 aromatic heterocycles. The average Bonchev–Trinajstić information content (AvgIpc) is 2.27. The second kappa shape index (κ2) is 6.33. The van der Waals surface area contributed by atoms with Crippen molar-refractivity contribution < 1.29 is 9.84 Å². The molecule has 0 aromatic rings. The molecule has 0 bridgehead atoms. The number of ether oxygens (including phenoxy) is 1. The van der Waals surface area contributed by atoms with Gasteiger partial charge in [0.1, 0.15) is 0 Å². The maximum atomic E-state index is 9.32. The van der Waals surface area contributed by atoms with Gasteiger partial charge in [-0.2, -0.15) is 0 Å². The summed E-state index contributed by atoms with van der Waals surface area (Å²) < 4.78 is 5.84. The van der Waals surface area contributed by atoms with E-state index in [1.165, 1.54) is 0 Å². The molecule has 1 fully saturated rings. The molecular formula is C14H30N2O2. The first kappa shape index (κ1) is 15.9. The molecule has 4 nitrogen and oxygen atoms in total. The van der Waals surface area contributed by atoms with Crippen LogP contribution in [0.3, 0.4) is 0 Å². The van der Waals surface area contributed by atoms with Gasteiger partial charge >= 0.3 is 0 Å². The highest BCUT2D eigenvalue weighted by molar-refractivity contribution is 4.88. The number of aliphatic hydroxyl groups is 1. The van der Waals surface area contributed by atoms with Crippen LogP contribution >= 0.6 is 0 Å². The van der Waals surface area contributed by atoms with Crippen molar-refractivity contribution in [1.29, 1.82) is 0 Å². The molecule has 108 valence electrons. The van der Waals surface area contributed by atoms with Crippen LogP contribution in [0.25, 0.3) is 0 Å². The first-order chi connectivity index (χ1) is 8.34. The molecule has 4 heteroatoms. The Balaban J connectivity index is 2.64. The maximum Gasteiger partial charge on any atom is 0.0940 e. The molecule has 0 saturated carbocycles. The summed E-state index contributed by atoms with van der Waals surface area (Å²) in [6.07, 6.45) is 2.23. The van der Waals surface area contributed by atoms with Crippen molar-refractivity contribution in [2.24, 2.45) is 11.1 Å². The zero-order chi connectivity index (χ0) is 13.8. The molecule has 3 N–H and O–H groups in total.